The van der Waals surface area contributed by atoms with E-state index in [-0.39, 0.29) is 54.8 Å². The Labute approximate surface area is 221 Å². The highest BCUT2D eigenvalue weighted by Crippen LogP contribution is 2.31. The van der Waals surface area contributed by atoms with Gasteiger partial charge < -0.3 is 5.73 Å². The summed E-state index contributed by atoms with van der Waals surface area (Å²) in [5.74, 6) is -1.07. The Hall–Kier alpha value is -4.15. The number of carbonyl (C=O) groups is 3. The quantitative estimate of drug-likeness (QED) is 0.372. The minimum Gasteiger partial charge on any atom is -0.369 e. The zero-order valence-electron chi connectivity index (χ0n) is 21.0. The molecule has 198 valence electrons. The molecule has 0 aliphatic heterocycles. The molecule has 1 aromatic heterocycles. The molecule has 1 fully saturated rings. The molecular weight excluding hydrogens is 486 g/mol. The molecule has 0 atom stereocenters. The van der Waals surface area contributed by atoms with Crippen LogP contribution in [0.5, 0.6) is 0 Å². The lowest BCUT2D eigenvalue weighted by molar-refractivity contribution is -0.128. The van der Waals surface area contributed by atoms with E-state index in [0.717, 1.165) is 29.0 Å². The summed E-state index contributed by atoms with van der Waals surface area (Å²) in [6.45, 7) is 0.319. The Morgan fingerprint density at radius 1 is 0.895 bits per heavy atom. The van der Waals surface area contributed by atoms with Gasteiger partial charge in [0, 0.05) is 18.4 Å². The molecule has 1 aliphatic rings. The molecule has 10 nitrogen and oxygen atoms in total. The molecule has 0 bridgehead atoms. The maximum Gasteiger partial charge on any atom is 0.293 e. The molecule has 10 heteroatoms. The molecule has 1 saturated carbocycles. The second kappa shape index (κ2) is 13.4. The summed E-state index contributed by atoms with van der Waals surface area (Å²) < 4.78 is 0. The first-order valence-corrected chi connectivity index (χ1v) is 12.6. The van der Waals surface area contributed by atoms with Crippen LogP contribution in [0.4, 0.5) is 5.82 Å². The van der Waals surface area contributed by atoms with Crippen molar-refractivity contribution in [1.82, 2.24) is 15.4 Å². The standard InChI is InChI=1S/C28H31N5O5/c29-27(35)23-13-11-20(12-14-23)15-26(34)33(38-18-22-9-5-2-6-10-22)25-16-24(30-19-31-25)28(36)32-37-17-21-7-3-1-4-8-21/h1-10,16,19-20,23H,11-15,17-18H2,(H2,29,35)(H,32,36). The normalized spacial score (nSPS) is 16.9. The van der Waals surface area contributed by atoms with Gasteiger partial charge in [-0.05, 0) is 42.7 Å². The van der Waals surface area contributed by atoms with Crippen molar-refractivity contribution < 1.29 is 24.1 Å². The number of nitrogens with two attached hydrogens (primary N) is 1. The Morgan fingerprint density at radius 2 is 1.53 bits per heavy atom. The minimum absolute atomic E-state index is 0.0196. The Bertz CT molecular complexity index is 1220. The van der Waals surface area contributed by atoms with Gasteiger partial charge in [0.2, 0.25) is 5.91 Å². The fourth-order valence-electron chi connectivity index (χ4n) is 4.35. The molecule has 3 amide bonds. The number of rotatable bonds is 11. The molecule has 0 unspecified atom stereocenters. The highest BCUT2D eigenvalue weighted by Gasteiger charge is 2.29. The molecule has 1 aliphatic carbocycles. The Balaban J connectivity index is 1.43. The van der Waals surface area contributed by atoms with Crippen LogP contribution in [0.25, 0.3) is 0 Å². The second-order valence-corrected chi connectivity index (χ2v) is 9.24. The molecule has 0 radical (unpaired) electrons. The van der Waals surface area contributed by atoms with Crippen molar-refractivity contribution in [3.63, 3.8) is 0 Å². The van der Waals surface area contributed by atoms with Crippen LogP contribution in [-0.4, -0.2) is 27.7 Å². The zero-order valence-corrected chi connectivity index (χ0v) is 21.0. The van der Waals surface area contributed by atoms with Crippen LogP contribution >= 0.6 is 0 Å². The summed E-state index contributed by atoms with van der Waals surface area (Å²) >= 11 is 0. The number of amides is 3. The van der Waals surface area contributed by atoms with E-state index in [4.69, 9.17) is 15.4 Å². The van der Waals surface area contributed by atoms with E-state index in [1.807, 2.05) is 60.7 Å². The van der Waals surface area contributed by atoms with Crippen LogP contribution in [0.1, 0.15) is 53.7 Å². The number of primary amides is 1. The van der Waals surface area contributed by atoms with Crippen molar-refractivity contribution in [2.45, 2.75) is 45.3 Å². The van der Waals surface area contributed by atoms with Gasteiger partial charge in [0.15, 0.2) is 5.82 Å². The number of hydrogen-bond donors (Lipinski definition) is 2. The third kappa shape index (κ3) is 7.67. The average molecular weight is 518 g/mol. The SMILES string of the molecule is NC(=O)C1CCC(CC(=O)N(OCc2ccccc2)c2cc(C(=O)NOCc3ccccc3)ncn2)CC1. The number of nitrogens with zero attached hydrogens (tertiary/aromatic N) is 3. The number of anilines is 1. The molecule has 1 heterocycles. The topological polar surface area (TPSA) is 137 Å². The number of aromatic nitrogens is 2. The number of hydroxylamine groups is 2. The van der Waals surface area contributed by atoms with Crippen LogP contribution in [0.2, 0.25) is 0 Å². The predicted molar refractivity (Wildman–Crippen MR) is 139 cm³/mol. The van der Waals surface area contributed by atoms with E-state index in [2.05, 4.69) is 15.4 Å². The first kappa shape index (κ1) is 26.9. The molecule has 0 spiro atoms. The van der Waals surface area contributed by atoms with Gasteiger partial charge in [-0.1, -0.05) is 60.7 Å². The van der Waals surface area contributed by atoms with Crippen LogP contribution in [-0.2, 0) is 32.5 Å². The first-order valence-electron chi connectivity index (χ1n) is 12.6. The summed E-state index contributed by atoms with van der Waals surface area (Å²) in [7, 11) is 0. The van der Waals surface area contributed by atoms with Gasteiger partial charge >= 0.3 is 0 Å². The van der Waals surface area contributed by atoms with Gasteiger partial charge in [-0.3, -0.25) is 24.1 Å². The van der Waals surface area contributed by atoms with E-state index < -0.39 is 5.91 Å². The number of carbonyl (C=O) groups excluding carboxylic acids is 3. The third-order valence-corrected chi connectivity index (χ3v) is 6.48. The van der Waals surface area contributed by atoms with Crippen molar-refractivity contribution in [1.29, 1.82) is 0 Å². The van der Waals surface area contributed by atoms with Crippen molar-refractivity contribution in [2.75, 3.05) is 5.06 Å². The lowest BCUT2D eigenvalue weighted by atomic mass is 9.80. The molecular formula is C28H31N5O5. The van der Waals surface area contributed by atoms with E-state index in [0.29, 0.717) is 12.8 Å². The molecule has 0 saturated heterocycles. The minimum atomic E-state index is -0.579. The van der Waals surface area contributed by atoms with E-state index in [1.54, 1.807) is 0 Å². The van der Waals surface area contributed by atoms with Crippen LogP contribution < -0.4 is 16.3 Å². The van der Waals surface area contributed by atoms with E-state index >= 15 is 0 Å². The third-order valence-electron chi connectivity index (χ3n) is 6.48. The fourth-order valence-corrected chi connectivity index (χ4v) is 4.35. The van der Waals surface area contributed by atoms with Gasteiger partial charge in [-0.15, -0.1) is 0 Å². The average Bonchev–Trinajstić information content (AvgIpc) is 2.95. The molecule has 4 rings (SSSR count). The number of nitrogens with one attached hydrogen (secondary N) is 1. The molecule has 3 aromatic rings. The monoisotopic (exact) mass is 517 g/mol. The van der Waals surface area contributed by atoms with Gasteiger partial charge in [-0.25, -0.2) is 15.4 Å². The summed E-state index contributed by atoms with van der Waals surface area (Å²) in [4.78, 5) is 57.0. The Kier molecular flexibility index (Phi) is 9.49. The lowest BCUT2D eigenvalue weighted by Crippen LogP contribution is -2.35. The summed E-state index contributed by atoms with van der Waals surface area (Å²) in [6, 6.07) is 20.2. The molecule has 38 heavy (non-hydrogen) atoms. The molecule has 2 aromatic carbocycles. The molecule has 3 N–H and O–H groups in total. The van der Waals surface area contributed by atoms with Crippen LogP contribution in [0.3, 0.4) is 0 Å². The van der Waals surface area contributed by atoms with Crippen molar-refractivity contribution >= 4 is 23.5 Å². The largest absolute Gasteiger partial charge is 0.369 e. The van der Waals surface area contributed by atoms with Crippen LogP contribution in [0, 0.1) is 11.8 Å². The summed E-state index contributed by atoms with van der Waals surface area (Å²) in [5.41, 5.74) is 9.59. The second-order valence-electron chi connectivity index (χ2n) is 9.24. The van der Waals surface area contributed by atoms with E-state index in [9.17, 15) is 14.4 Å². The maximum absolute atomic E-state index is 13.4. The van der Waals surface area contributed by atoms with Crippen molar-refractivity contribution in [3.8, 4) is 0 Å². The van der Waals surface area contributed by atoms with E-state index in [1.165, 1.54) is 12.4 Å². The number of hydrogen-bond acceptors (Lipinski definition) is 7. The highest BCUT2D eigenvalue weighted by molar-refractivity contribution is 5.94. The zero-order chi connectivity index (χ0) is 26.7. The highest BCUT2D eigenvalue weighted by atomic mass is 16.7. The predicted octanol–water partition coefficient (Wildman–Crippen LogP) is 3.48. The smallest absolute Gasteiger partial charge is 0.293 e. The lowest BCUT2D eigenvalue weighted by Gasteiger charge is -2.28. The number of benzene rings is 2. The van der Waals surface area contributed by atoms with Crippen LogP contribution in [0.15, 0.2) is 73.1 Å². The van der Waals surface area contributed by atoms with Gasteiger partial charge in [-0.2, -0.15) is 5.06 Å². The van der Waals surface area contributed by atoms with Crippen molar-refractivity contribution in [2.24, 2.45) is 17.6 Å². The first-order chi connectivity index (χ1) is 18.5. The van der Waals surface area contributed by atoms with Gasteiger partial charge in [0.05, 0.1) is 6.61 Å². The summed E-state index contributed by atoms with van der Waals surface area (Å²) in [5, 5.41) is 1.12. The fraction of sp³-hybridized carbons (Fsp3) is 0.321. The maximum atomic E-state index is 13.4. The van der Waals surface area contributed by atoms with Crippen molar-refractivity contribution in [3.05, 3.63) is 89.9 Å². The Morgan fingerprint density at radius 3 is 2.16 bits per heavy atom. The van der Waals surface area contributed by atoms with Gasteiger partial charge in [0.25, 0.3) is 11.8 Å². The van der Waals surface area contributed by atoms with Gasteiger partial charge in [0.1, 0.15) is 18.6 Å². The summed E-state index contributed by atoms with van der Waals surface area (Å²) in [6.07, 6.45) is 4.19.